The van der Waals surface area contributed by atoms with Gasteiger partial charge in [-0.2, -0.15) is 11.1 Å². The SMILES string of the molecule is C1CCOC1.C=C1OC(OC)[C@@H]2OC(C)(C)O[C@H]12.CC(C)(C)[Si](C)(C)Cl.CC1(C)O[C@@H]2[C@H](CO)OC(O)[C@@H]2O1.CC[C@@H]1OC(O)[C@@H]2OC(C)(C)O[C@H]12.CC[C@@H]1O[C@@H](n2ccc3c(C)ncnc32)[C@@H]2OC(C)(C)O[C@@H]21.CC[C@@H]1O[C@H](Cl)[C@@H]2OC(C)(C)O[C@@H]21.COC1O[C@@H](CO)[C@H]2OC(C)(C)O[C@@H]12.Cc1ccccc1.Cc1ncnc2[nH]ccc12.OC[C@@H]1OC(O)[C@H](O)[C@@H]1O.[B]. The average Bonchev–Trinajstić information content (AvgIpc) is 1.60. The van der Waals surface area contributed by atoms with Gasteiger partial charge < -0.3 is 155 Å². The quantitative estimate of drug-likeness (QED) is 0.0376. The summed E-state index contributed by atoms with van der Waals surface area (Å²) in [5.74, 6) is -2.98. The lowest BCUT2D eigenvalue weighted by atomic mass is 10.1. The number of aromatic amines is 1. The van der Waals surface area contributed by atoms with Crippen LogP contribution in [0.5, 0.6) is 0 Å². The molecule has 18 heterocycles. The van der Waals surface area contributed by atoms with Gasteiger partial charge in [0.05, 0.1) is 49.5 Å². The summed E-state index contributed by atoms with van der Waals surface area (Å²) in [5.41, 5.74) is 4.73. The maximum Gasteiger partial charge on any atom is 0.228 e. The van der Waals surface area contributed by atoms with Gasteiger partial charge in [-0.25, -0.2) is 19.9 Å². The van der Waals surface area contributed by atoms with Crippen LogP contribution in [0.15, 0.2) is 79.9 Å². The lowest BCUT2D eigenvalue weighted by Gasteiger charge is -2.29. The first-order chi connectivity index (χ1) is 59.9. The van der Waals surface area contributed by atoms with E-state index in [9.17, 15) is 10.2 Å². The van der Waals surface area contributed by atoms with Crippen LogP contribution in [-0.4, -0.2) is 327 Å². The number of halogens is 2. The summed E-state index contributed by atoms with van der Waals surface area (Å²) in [7, 11) is 1.74. The van der Waals surface area contributed by atoms with Gasteiger partial charge in [0.2, 0.25) is 6.29 Å². The Hall–Kier alpha value is -4.30. The normalized spacial score (nSPS) is 36.2. The van der Waals surface area contributed by atoms with E-state index in [-0.39, 0.29) is 131 Å². The van der Waals surface area contributed by atoms with E-state index in [1.165, 1.54) is 18.4 Å². The second-order valence-corrected chi connectivity index (χ2v) is 44.9. The number of methoxy groups -OCH3 is 2. The van der Waals surface area contributed by atoms with Crippen LogP contribution in [0.1, 0.15) is 180 Å². The lowest BCUT2D eigenvalue weighted by molar-refractivity contribution is -0.230. The average molecular weight is 1890 g/mol. The molecular formula is C89H144BCl2N6O30Si. The molecule has 14 aliphatic rings. The first kappa shape index (κ1) is 110. The summed E-state index contributed by atoms with van der Waals surface area (Å²) in [5, 5.41) is 74.3. The highest BCUT2D eigenvalue weighted by Gasteiger charge is 2.60. The van der Waals surface area contributed by atoms with E-state index in [0.29, 0.717) is 10.8 Å². The number of aromatic nitrogens is 6. The highest BCUT2D eigenvalue weighted by molar-refractivity contribution is 7.20. The van der Waals surface area contributed by atoms with Gasteiger partial charge in [0.1, 0.15) is 127 Å². The second-order valence-electron chi connectivity index (χ2n) is 37.2. The van der Waals surface area contributed by atoms with Gasteiger partial charge in [-0.05, 0) is 153 Å². The minimum absolute atomic E-state index is 0. The molecular weight excluding hydrogens is 1740 g/mol. The van der Waals surface area contributed by atoms with Crippen LogP contribution in [0.2, 0.25) is 18.1 Å². The second kappa shape index (κ2) is 46.7. The number of fused-ring (bicyclic) bond motifs is 8. The highest BCUT2D eigenvalue weighted by atomic mass is 35.6. The largest absolute Gasteiger partial charge is 0.464 e. The van der Waals surface area contributed by atoms with E-state index in [0.717, 1.165) is 65.9 Å². The first-order valence-electron chi connectivity index (χ1n) is 44.0. The zero-order chi connectivity index (χ0) is 94.7. The number of aryl methyl sites for hydroxylation is 3. The molecule has 40 heteroatoms. The minimum Gasteiger partial charge on any atom is -0.464 e. The van der Waals surface area contributed by atoms with Crippen LogP contribution >= 0.6 is 22.7 Å². The number of nitrogens with one attached hydrogen (secondary N) is 1. The molecule has 0 saturated carbocycles. The summed E-state index contributed by atoms with van der Waals surface area (Å²) < 4.78 is 122. The van der Waals surface area contributed by atoms with Crippen LogP contribution in [0.25, 0.3) is 22.1 Å². The molecule has 0 amide bonds. The smallest absolute Gasteiger partial charge is 0.228 e. The number of rotatable bonds is 9. The van der Waals surface area contributed by atoms with Gasteiger partial charge >= 0.3 is 0 Å². The van der Waals surface area contributed by atoms with Crippen molar-refractivity contribution in [3.63, 3.8) is 0 Å². The number of hydrogen-bond donors (Lipinski definition) is 9. The Morgan fingerprint density at radius 2 is 0.899 bits per heavy atom. The molecule has 36 nitrogen and oxygen atoms in total. The fraction of sp³-hybridized carbons (Fsp3) is 0.775. The van der Waals surface area contributed by atoms with Gasteiger partial charge in [0.15, 0.2) is 85.2 Å². The van der Waals surface area contributed by atoms with Crippen LogP contribution in [0.3, 0.4) is 0 Å². The molecule has 14 aliphatic heterocycles. The summed E-state index contributed by atoms with van der Waals surface area (Å²) in [6.45, 7) is 50.6. The number of nitrogens with zero attached hydrogens (tertiary/aromatic N) is 5. The number of aliphatic hydroxyl groups excluding tert-OH is 8. The molecule has 731 valence electrons. The topological polar surface area (TPSA) is 437 Å². The number of benzene rings is 1. The fourth-order valence-corrected chi connectivity index (χ4v) is 16.2. The van der Waals surface area contributed by atoms with Crippen molar-refractivity contribution in [2.24, 2.45) is 0 Å². The van der Waals surface area contributed by atoms with E-state index in [1.807, 2.05) is 137 Å². The van der Waals surface area contributed by atoms with Crippen molar-refractivity contribution >= 4 is 60.5 Å². The van der Waals surface area contributed by atoms with Crippen LogP contribution in [-0.2, 0) is 104 Å². The van der Waals surface area contributed by atoms with E-state index in [1.54, 1.807) is 40.7 Å². The van der Waals surface area contributed by atoms with Crippen molar-refractivity contribution in [1.29, 1.82) is 0 Å². The Morgan fingerprint density at radius 3 is 1.35 bits per heavy atom. The third kappa shape index (κ3) is 28.7. The maximum absolute atomic E-state index is 9.51. The van der Waals surface area contributed by atoms with E-state index >= 15 is 0 Å². The predicted octanol–water partition coefficient (Wildman–Crippen LogP) is 9.52. The highest BCUT2D eigenvalue weighted by Crippen LogP contribution is 2.48. The minimum atomic E-state index is -1.39. The molecule has 5 unspecified atom stereocenters. The Bertz CT molecular complexity index is 4060. The number of ether oxygens (including phenoxy) is 22. The molecule has 5 aromatic rings. The number of H-pyrrole nitrogens is 1. The van der Waals surface area contributed by atoms with Crippen molar-refractivity contribution in [3.05, 3.63) is 96.8 Å². The maximum atomic E-state index is 9.51. The molecule has 0 spiro atoms. The van der Waals surface area contributed by atoms with Gasteiger partial charge in [0.25, 0.3) is 0 Å². The monoisotopic (exact) mass is 1890 g/mol. The van der Waals surface area contributed by atoms with Gasteiger partial charge in [-0.3, -0.25) is 0 Å². The molecule has 1 aromatic carbocycles. The van der Waals surface area contributed by atoms with Crippen molar-refractivity contribution < 1.29 is 145 Å². The zero-order valence-corrected chi connectivity index (χ0v) is 81.9. The van der Waals surface area contributed by atoms with Crippen molar-refractivity contribution in [3.8, 4) is 0 Å². The molecule has 27 atom stereocenters. The Balaban J connectivity index is 0.000000178. The Labute approximate surface area is 770 Å². The van der Waals surface area contributed by atoms with Crippen LogP contribution in [0, 0.1) is 20.8 Å². The molecule has 0 bridgehead atoms. The molecule has 0 aliphatic carbocycles. The van der Waals surface area contributed by atoms with Crippen LogP contribution < -0.4 is 0 Å². The fourth-order valence-electron chi connectivity index (χ4n) is 15.9. The van der Waals surface area contributed by atoms with Gasteiger partial charge in [-0.1, -0.05) is 109 Å². The van der Waals surface area contributed by atoms with E-state index < -0.39 is 104 Å². The predicted molar refractivity (Wildman–Crippen MR) is 476 cm³/mol. The number of hydrogen-bond acceptors (Lipinski definition) is 34. The van der Waals surface area contributed by atoms with Gasteiger partial charge in [0, 0.05) is 59.0 Å². The molecule has 19 rings (SSSR count). The molecule has 14 saturated heterocycles. The lowest BCUT2D eigenvalue weighted by Crippen LogP contribution is -2.33. The molecule has 9 N–H and O–H groups in total. The summed E-state index contributed by atoms with van der Waals surface area (Å²) in [6, 6.07) is 14.3. The third-order valence-electron chi connectivity index (χ3n) is 23.2. The molecule has 4 aromatic heterocycles. The van der Waals surface area contributed by atoms with E-state index in [2.05, 4.69) is 103 Å². The van der Waals surface area contributed by atoms with Crippen molar-refractivity contribution in [1.82, 2.24) is 29.5 Å². The van der Waals surface area contributed by atoms with Crippen molar-refractivity contribution in [2.45, 2.75) is 396 Å². The van der Waals surface area contributed by atoms with Crippen molar-refractivity contribution in [2.75, 3.05) is 47.3 Å². The molecule has 14 fully saturated rings. The first-order valence-corrected chi connectivity index (χ1v) is 48.5. The Morgan fingerprint density at radius 1 is 0.488 bits per heavy atom. The van der Waals surface area contributed by atoms with Gasteiger partial charge in [-0.15, -0.1) is 0 Å². The van der Waals surface area contributed by atoms with E-state index in [4.69, 9.17) is 153 Å². The number of alkyl halides is 1. The summed E-state index contributed by atoms with van der Waals surface area (Å²) in [4.78, 5) is 19.8. The Kier molecular flexibility index (Phi) is 39.8. The standard InChI is InChI=1S/C16H21N3O3.C9H15ClO3.C9H16O5.C9H14O4.C9H16O4.C8H14O5.C7H7N3.C7H8.C6H15ClSi.C5H10O5.C4H8O.B/c1-5-11-12-13(22-16(3,4)21-12)15(20-11)19-7-6-10-9(2)17-8-18-14(10)19;1-4-5-6-7(8(10)11-5)13-9(2,3)12-6;1-9(2)13-6-5(4-10)12-8(11-3)7(6)14-9;1-5-6-7(8(10-4)11-5)13-9(2,3)12-6;1-4-5-6-7(8(10)11-5)13-9(2,3)12-6;1-8(2)12-5-4(3-9)11-7(10)6(5)13-8;1-5-6-2-3-8-7(6)10-4-9-5;1-7-5-3-2-4-6-7;1-6(2,3)8(4,5)7;6-1-2-3(7)4(8)5(9)10-2;1-2-4-5-3-1;/h6-8,11-13,15H,5H2,1-4H3;5-8H,4H2,1-3H3;5-8,10H,4H2,1-3H3;6-8H,1H2,2-4H3;5-8,10H,4H2,1-3H3;4-7,9-10H,3H2,1-2H3;2-4H,1H3,(H,8,9,10);2-6H,1H3;1-5H3;2-9H,1H2;1-4H2;/t11-,12+,13+,15+;5-,6+,7+,8-;5-,6+,7+,8?;6-,7-,8?;5-,6+,7+,8?;4-,5+,6+,7?;;;;2-,3+,4+,5?;;/m000100...0../s1. The summed E-state index contributed by atoms with van der Waals surface area (Å²) >= 11 is 12.1. The molecule has 129 heavy (non-hydrogen) atoms. The summed E-state index contributed by atoms with van der Waals surface area (Å²) in [6.07, 6.45) is 1.40. The van der Waals surface area contributed by atoms with Crippen LogP contribution in [0.4, 0.5) is 0 Å². The molecule has 3 radical (unpaired) electrons. The number of aliphatic hydroxyl groups is 8. The zero-order valence-electron chi connectivity index (χ0n) is 79.3. The third-order valence-corrected chi connectivity index (χ3v) is 28.8.